The van der Waals surface area contributed by atoms with E-state index >= 15 is 0 Å². The number of guanidine groups is 1. The molecule has 0 atom stereocenters. The lowest BCUT2D eigenvalue weighted by Gasteiger charge is -2.21. The van der Waals surface area contributed by atoms with Gasteiger partial charge < -0.3 is 20.5 Å². The normalized spacial score (nSPS) is 11.9. The van der Waals surface area contributed by atoms with Crippen LogP contribution in [-0.4, -0.2) is 42.7 Å². The maximum Gasteiger partial charge on any atom is 0.191 e. The third-order valence-corrected chi connectivity index (χ3v) is 2.63. The van der Waals surface area contributed by atoms with Crippen LogP contribution in [0.25, 0.3) is 0 Å². The van der Waals surface area contributed by atoms with Gasteiger partial charge in [-0.1, -0.05) is 0 Å². The molecule has 0 radical (unpaired) electrons. The zero-order valence-electron chi connectivity index (χ0n) is 12.9. The summed E-state index contributed by atoms with van der Waals surface area (Å²) in [5.41, 5.74) is 0.160. The summed E-state index contributed by atoms with van der Waals surface area (Å²) in [6, 6.07) is 4.07. The molecule has 0 saturated carbocycles. The minimum Gasteiger partial charge on any atom is -0.355 e. The molecule has 1 rings (SSSR count). The number of nitrogens with zero attached hydrogens (tertiary/aromatic N) is 2. The predicted molar refractivity (Wildman–Crippen MR) is 97.0 cm³/mol. The van der Waals surface area contributed by atoms with E-state index in [2.05, 4.69) is 58.7 Å². The fourth-order valence-corrected chi connectivity index (χ4v) is 1.66. The highest BCUT2D eigenvalue weighted by Crippen LogP contribution is 1.96. The molecule has 1 aromatic rings. The van der Waals surface area contributed by atoms with Gasteiger partial charge in [-0.05, 0) is 32.9 Å². The monoisotopic (exact) mass is 393 g/mol. The zero-order valence-corrected chi connectivity index (χ0v) is 15.3. The van der Waals surface area contributed by atoms with E-state index in [0.717, 1.165) is 32.1 Å². The van der Waals surface area contributed by atoms with E-state index in [4.69, 9.17) is 0 Å². The number of aliphatic imine (C=N–C) groups is 1. The quantitative estimate of drug-likeness (QED) is 0.298. The van der Waals surface area contributed by atoms with E-state index in [1.807, 2.05) is 12.1 Å². The number of hydrogen-bond donors (Lipinski definition) is 3. The first-order valence-electron chi connectivity index (χ1n) is 6.81. The summed E-state index contributed by atoms with van der Waals surface area (Å²) in [6.45, 7) is 10.1. The van der Waals surface area contributed by atoms with Crippen LogP contribution in [0.3, 0.4) is 0 Å². The first-order valence-corrected chi connectivity index (χ1v) is 6.81. The van der Waals surface area contributed by atoms with Gasteiger partial charge in [0.15, 0.2) is 5.96 Å². The highest BCUT2D eigenvalue weighted by Gasteiger charge is 2.07. The molecule has 3 N–H and O–H groups in total. The molecule has 0 aliphatic rings. The summed E-state index contributed by atoms with van der Waals surface area (Å²) in [5, 5.41) is 10.0. The highest BCUT2D eigenvalue weighted by molar-refractivity contribution is 14.0. The Morgan fingerprint density at radius 1 is 1.05 bits per heavy atom. The van der Waals surface area contributed by atoms with Gasteiger partial charge in [0, 0.05) is 51.2 Å². The highest BCUT2D eigenvalue weighted by atomic mass is 127. The van der Waals surface area contributed by atoms with Crippen LogP contribution >= 0.6 is 24.0 Å². The Morgan fingerprint density at radius 2 is 1.65 bits per heavy atom. The molecule has 1 aromatic heterocycles. The Morgan fingerprint density at radius 3 is 2.20 bits per heavy atom. The van der Waals surface area contributed by atoms with E-state index < -0.39 is 0 Å². The second-order valence-corrected chi connectivity index (χ2v) is 5.52. The second kappa shape index (κ2) is 10.0. The molecule has 0 fully saturated rings. The molecule has 5 nitrogen and oxygen atoms in total. The number of aromatic nitrogens is 1. The fourth-order valence-electron chi connectivity index (χ4n) is 1.66. The van der Waals surface area contributed by atoms with E-state index in [9.17, 15) is 0 Å². The van der Waals surface area contributed by atoms with Gasteiger partial charge in [0.25, 0.3) is 0 Å². The van der Waals surface area contributed by atoms with E-state index in [-0.39, 0.29) is 29.5 Å². The van der Waals surface area contributed by atoms with E-state index in [1.165, 1.54) is 0 Å². The maximum absolute atomic E-state index is 4.20. The molecular formula is C14H28IN5. The van der Waals surface area contributed by atoms with Gasteiger partial charge in [0.05, 0.1) is 0 Å². The number of halogens is 1. The maximum atomic E-state index is 4.20. The van der Waals surface area contributed by atoms with Crippen molar-refractivity contribution in [3.63, 3.8) is 0 Å². The molecule has 0 aromatic carbocycles. The molecule has 116 valence electrons. The van der Waals surface area contributed by atoms with Gasteiger partial charge in [0.2, 0.25) is 0 Å². The standard InChI is InChI=1S/C14H27N5.HI/c1-14(2,3)18-8-7-16-13(15-4)17-9-12-19-10-5-6-11-19;/h5-6,10-11,18H,7-9,12H2,1-4H3,(H2,15,16,17);1H. The summed E-state index contributed by atoms with van der Waals surface area (Å²) in [5.74, 6) is 0.850. The van der Waals surface area contributed by atoms with Gasteiger partial charge in [-0.3, -0.25) is 4.99 Å². The van der Waals surface area contributed by atoms with Crippen molar-refractivity contribution >= 4 is 29.9 Å². The van der Waals surface area contributed by atoms with Crippen molar-refractivity contribution in [2.24, 2.45) is 4.99 Å². The lowest BCUT2D eigenvalue weighted by atomic mass is 10.1. The van der Waals surface area contributed by atoms with Crippen LogP contribution in [0.15, 0.2) is 29.5 Å². The average molecular weight is 393 g/mol. The van der Waals surface area contributed by atoms with E-state index in [0.29, 0.717) is 0 Å². The molecule has 0 amide bonds. The van der Waals surface area contributed by atoms with Crippen molar-refractivity contribution in [2.75, 3.05) is 26.7 Å². The minimum absolute atomic E-state index is 0. The third-order valence-electron chi connectivity index (χ3n) is 2.63. The molecule has 20 heavy (non-hydrogen) atoms. The van der Waals surface area contributed by atoms with Crippen LogP contribution in [0.1, 0.15) is 20.8 Å². The lowest BCUT2D eigenvalue weighted by molar-refractivity contribution is 0.428. The summed E-state index contributed by atoms with van der Waals surface area (Å²) >= 11 is 0. The van der Waals surface area contributed by atoms with Crippen molar-refractivity contribution in [3.8, 4) is 0 Å². The van der Waals surface area contributed by atoms with Gasteiger partial charge >= 0.3 is 0 Å². The fraction of sp³-hybridized carbons (Fsp3) is 0.643. The van der Waals surface area contributed by atoms with Crippen LogP contribution in [0.5, 0.6) is 0 Å². The van der Waals surface area contributed by atoms with Crippen molar-refractivity contribution in [2.45, 2.75) is 32.9 Å². The summed E-state index contributed by atoms with van der Waals surface area (Å²) < 4.78 is 2.14. The molecule has 0 aliphatic heterocycles. The molecular weight excluding hydrogens is 365 g/mol. The Labute approximate surface area is 139 Å². The van der Waals surface area contributed by atoms with Gasteiger partial charge in [-0.2, -0.15) is 0 Å². The Bertz CT molecular complexity index is 367. The van der Waals surface area contributed by atoms with Crippen molar-refractivity contribution in [3.05, 3.63) is 24.5 Å². The van der Waals surface area contributed by atoms with Crippen molar-refractivity contribution in [1.82, 2.24) is 20.5 Å². The third kappa shape index (κ3) is 9.19. The summed E-state index contributed by atoms with van der Waals surface area (Å²) in [6.07, 6.45) is 4.12. The van der Waals surface area contributed by atoms with Crippen LogP contribution in [0.4, 0.5) is 0 Å². The molecule has 0 unspecified atom stereocenters. The predicted octanol–water partition coefficient (Wildman–Crippen LogP) is 1.66. The van der Waals surface area contributed by atoms with Gasteiger partial charge in [-0.25, -0.2) is 0 Å². The van der Waals surface area contributed by atoms with Gasteiger partial charge in [-0.15, -0.1) is 24.0 Å². The molecule has 0 saturated heterocycles. The van der Waals surface area contributed by atoms with Crippen molar-refractivity contribution in [1.29, 1.82) is 0 Å². The van der Waals surface area contributed by atoms with Gasteiger partial charge in [0.1, 0.15) is 0 Å². The SMILES string of the molecule is CN=C(NCCNC(C)(C)C)NCCn1cccc1.I. The van der Waals surface area contributed by atoms with Crippen LogP contribution < -0.4 is 16.0 Å². The van der Waals surface area contributed by atoms with Crippen LogP contribution in [0.2, 0.25) is 0 Å². The lowest BCUT2D eigenvalue weighted by Crippen LogP contribution is -2.45. The molecule has 6 heteroatoms. The largest absolute Gasteiger partial charge is 0.355 e. The van der Waals surface area contributed by atoms with E-state index in [1.54, 1.807) is 7.05 Å². The number of rotatable bonds is 6. The Balaban J connectivity index is 0.00000361. The first-order chi connectivity index (χ1) is 9.01. The molecule has 0 bridgehead atoms. The Hall–Kier alpha value is -0.760. The second-order valence-electron chi connectivity index (χ2n) is 5.52. The van der Waals surface area contributed by atoms with Crippen molar-refractivity contribution < 1.29 is 0 Å². The summed E-state index contributed by atoms with van der Waals surface area (Å²) in [7, 11) is 1.79. The minimum atomic E-state index is 0. The number of nitrogens with one attached hydrogen (secondary N) is 3. The first kappa shape index (κ1) is 19.2. The Kier molecular flexibility index (Phi) is 9.66. The van der Waals surface area contributed by atoms with Crippen LogP contribution in [-0.2, 0) is 6.54 Å². The smallest absolute Gasteiger partial charge is 0.191 e. The molecule has 0 spiro atoms. The molecule has 0 aliphatic carbocycles. The zero-order chi connectivity index (χ0) is 14.1. The topological polar surface area (TPSA) is 53.4 Å². The molecule has 1 heterocycles. The van der Waals surface area contributed by atoms with Crippen LogP contribution in [0, 0.1) is 0 Å². The average Bonchev–Trinajstić information content (AvgIpc) is 2.84. The number of hydrogen-bond acceptors (Lipinski definition) is 2. The summed E-state index contributed by atoms with van der Waals surface area (Å²) in [4.78, 5) is 4.20.